The predicted molar refractivity (Wildman–Crippen MR) is 55.4 cm³/mol. The maximum atomic E-state index is 11.0. The molecule has 0 radical (unpaired) electrons. The average molecular weight is 214 g/mol. The van der Waals surface area contributed by atoms with Crippen LogP contribution in [0.15, 0.2) is 21.6 Å². The van der Waals surface area contributed by atoms with Gasteiger partial charge >= 0.3 is 5.97 Å². The highest BCUT2D eigenvalue weighted by Gasteiger charge is 2.05. The second-order valence-corrected chi connectivity index (χ2v) is 3.88. The van der Waals surface area contributed by atoms with Crippen LogP contribution in [0.5, 0.6) is 0 Å². The van der Waals surface area contributed by atoms with Crippen LogP contribution in [0.2, 0.25) is 0 Å². The largest absolute Gasteiger partial charge is 0.468 e. The van der Waals surface area contributed by atoms with E-state index in [0.717, 1.165) is 16.4 Å². The van der Waals surface area contributed by atoms with Crippen molar-refractivity contribution in [1.82, 2.24) is 0 Å². The molecule has 14 heavy (non-hydrogen) atoms. The van der Waals surface area contributed by atoms with Crippen LogP contribution in [-0.4, -0.2) is 18.3 Å². The van der Waals surface area contributed by atoms with Crippen molar-refractivity contribution in [2.24, 2.45) is 0 Å². The third kappa shape index (κ3) is 3.46. The van der Waals surface area contributed by atoms with E-state index in [1.54, 1.807) is 18.0 Å². The minimum absolute atomic E-state index is 0.138. The molecular weight excluding hydrogens is 200 g/mol. The molecule has 0 amide bonds. The van der Waals surface area contributed by atoms with Crippen LogP contribution >= 0.6 is 11.8 Å². The van der Waals surface area contributed by atoms with Gasteiger partial charge in [0.05, 0.1) is 19.3 Å². The van der Waals surface area contributed by atoms with E-state index in [0.29, 0.717) is 13.0 Å². The second kappa shape index (κ2) is 5.75. The third-order valence-corrected chi connectivity index (χ3v) is 2.82. The summed E-state index contributed by atoms with van der Waals surface area (Å²) in [6.45, 7) is 4.17. The molecule has 3 nitrogen and oxygen atoms in total. The number of esters is 1. The van der Waals surface area contributed by atoms with Gasteiger partial charge in [-0.05, 0) is 19.9 Å². The van der Waals surface area contributed by atoms with Gasteiger partial charge in [-0.25, -0.2) is 0 Å². The molecule has 1 aromatic heterocycles. The lowest BCUT2D eigenvalue weighted by Gasteiger charge is -2.00. The maximum Gasteiger partial charge on any atom is 0.306 e. The zero-order valence-electron chi connectivity index (χ0n) is 8.41. The molecule has 0 bridgehead atoms. The van der Waals surface area contributed by atoms with Gasteiger partial charge in [-0.15, -0.1) is 11.8 Å². The number of hydrogen-bond acceptors (Lipinski definition) is 4. The van der Waals surface area contributed by atoms with Crippen molar-refractivity contribution < 1.29 is 13.9 Å². The van der Waals surface area contributed by atoms with Crippen LogP contribution in [0.3, 0.4) is 0 Å². The molecular formula is C10H14O3S. The number of hydrogen-bond donors (Lipinski definition) is 0. The summed E-state index contributed by atoms with van der Waals surface area (Å²) in [4.78, 5) is 12.1. The summed E-state index contributed by atoms with van der Waals surface area (Å²) in [5, 5.41) is 0. The summed E-state index contributed by atoms with van der Waals surface area (Å²) in [5.74, 6) is 1.50. The Balaban J connectivity index is 2.22. The Morgan fingerprint density at radius 3 is 3.00 bits per heavy atom. The molecule has 0 aliphatic rings. The van der Waals surface area contributed by atoms with Crippen molar-refractivity contribution in [3.63, 3.8) is 0 Å². The first-order valence-corrected chi connectivity index (χ1v) is 5.55. The number of carbonyl (C=O) groups excluding carboxylic acids is 1. The van der Waals surface area contributed by atoms with Crippen molar-refractivity contribution in [3.8, 4) is 0 Å². The Morgan fingerprint density at radius 1 is 1.64 bits per heavy atom. The van der Waals surface area contributed by atoms with Crippen LogP contribution < -0.4 is 0 Å². The Morgan fingerprint density at radius 2 is 2.43 bits per heavy atom. The number of aryl methyl sites for hydroxylation is 1. The number of carbonyl (C=O) groups is 1. The first kappa shape index (κ1) is 11.2. The molecule has 0 saturated carbocycles. The fourth-order valence-electron chi connectivity index (χ4n) is 1.00. The molecule has 0 spiro atoms. The minimum Gasteiger partial charge on any atom is -0.468 e. The van der Waals surface area contributed by atoms with Crippen LogP contribution in [0.4, 0.5) is 0 Å². The maximum absolute atomic E-state index is 11.0. The van der Waals surface area contributed by atoms with Gasteiger partial charge in [0.15, 0.2) is 0 Å². The summed E-state index contributed by atoms with van der Waals surface area (Å²) in [6.07, 6.45) is 2.10. The molecule has 0 saturated heterocycles. The fraction of sp³-hybridized carbons (Fsp3) is 0.500. The Hall–Kier alpha value is -0.900. The SMILES string of the molecule is CCOC(=O)CCSc1ccoc1C. The first-order valence-electron chi connectivity index (χ1n) is 4.56. The fourth-order valence-corrected chi connectivity index (χ4v) is 1.89. The normalized spacial score (nSPS) is 10.1. The molecule has 78 valence electrons. The van der Waals surface area contributed by atoms with Crippen LogP contribution in [0.1, 0.15) is 19.1 Å². The lowest BCUT2D eigenvalue weighted by Crippen LogP contribution is -2.04. The summed E-state index contributed by atoms with van der Waals surface area (Å²) in [6, 6.07) is 1.91. The van der Waals surface area contributed by atoms with Gasteiger partial charge in [-0.3, -0.25) is 4.79 Å². The van der Waals surface area contributed by atoms with Gasteiger partial charge in [-0.2, -0.15) is 0 Å². The van der Waals surface area contributed by atoms with Crippen molar-refractivity contribution in [1.29, 1.82) is 0 Å². The van der Waals surface area contributed by atoms with Gasteiger partial charge in [-0.1, -0.05) is 0 Å². The van der Waals surface area contributed by atoms with Crippen LogP contribution in [0, 0.1) is 6.92 Å². The summed E-state index contributed by atoms with van der Waals surface area (Å²) < 4.78 is 9.95. The van der Waals surface area contributed by atoms with Crippen LogP contribution in [0.25, 0.3) is 0 Å². The minimum atomic E-state index is -0.138. The van der Waals surface area contributed by atoms with E-state index in [1.807, 2.05) is 19.9 Å². The van der Waals surface area contributed by atoms with Crippen molar-refractivity contribution >= 4 is 17.7 Å². The van der Waals surface area contributed by atoms with Gasteiger partial charge in [0.25, 0.3) is 0 Å². The smallest absolute Gasteiger partial charge is 0.306 e. The van der Waals surface area contributed by atoms with Gasteiger partial charge < -0.3 is 9.15 Å². The summed E-state index contributed by atoms with van der Waals surface area (Å²) >= 11 is 1.61. The standard InChI is InChI=1S/C10H14O3S/c1-3-12-10(11)5-7-14-9-4-6-13-8(9)2/h4,6H,3,5,7H2,1-2H3. The molecule has 0 atom stereocenters. The first-order chi connectivity index (χ1) is 6.74. The lowest BCUT2D eigenvalue weighted by atomic mass is 10.5. The number of ether oxygens (including phenoxy) is 1. The van der Waals surface area contributed by atoms with Crippen molar-refractivity contribution in [2.45, 2.75) is 25.2 Å². The monoisotopic (exact) mass is 214 g/mol. The summed E-state index contributed by atoms with van der Waals surface area (Å²) in [5.41, 5.74) is 0. The Labute approximate surface area is 87.8 Å². The predicted octanol–water partition coefficient (Wildman–Crippen LogP) is 2.63. The van der Waals surface area contributed by atoms with E-state index in [2.05, 4.69) is 0 Å². The molecule has 1 heterocycles. The molecule has 0 aliphatic heterocycles. The van der Waals surface area contributed by atoms with E-state index in [1.165, 1.54) is 0 Å². The zero-order chi connectivity index (χ0) is 10.4. The molecule has 0 aromatic carbocycles. The van der Waals surface area contributed by atoms with E-state index in [-0.39, 0.29) is 5.97 Å². The van der Waals surface area contributed by atoms with Crippen LogP contribution in [-0.2, 0) is 9.53 Å². The molecule has 1 rings (SSSR count). The highest BCUT2D eigenvalue weighted by atomic mass is 32.2. The second-order valence-electron chi connectivity index (χ2n) is 2.74. The highest BCUT2D eigenvalue weighted by Crippen LogP contribution is 2.23. The third-order valence-electron chi connectivity index (χ3n) is 1.68. The molecule has 0 N–H and O–H groups in total. The quantitative estimate of drug-likeness (QED) is 0.558. The molecule has 1 aromatic rings. The van der Waals surface area contributed by atoms with Crippen molar-refractivity contribution in [3.05, 3.63) is 18.1 Å². The Bertz CT molecular complexity index is 293. The summed E-state index contributed by atoms with van der Waals surface area (Å²) in [7, 11) is 0. The molecule has 4 heteroatoms. The molecule has 0 unspecified atom stereocenters. The van der Waals surface area contributed by atoms with Gasteiger partial charge in [0, 0.05) is 10.6 Å². The van der Waals surface area contributed by atoms with E-state index in [4.69, 9.17) is 9.15 Å². The van der Waals surface area contributed by atoms with E-state index in [9.17, 15) is 4.79 Å². The zero-order valence-corrected chi connectivity index (χ0v) is 9.23. The molecule has 0 aliphatic carbocycles. The number of furan rings is 1. The number of rotatable bonds is 5. The van der Waals surface area contributed by atoms with Gasteiger partial charge in [0.2, 0.25) is 0 Å². The molecule has 0 fully saturated rings. The Kier molecular flexibility index (Phi) is 4.59. The van der Waals surface area contributed by atoms with Crippen molar-refractivity contribution in [2.75, 3.05) is 12.4 Å². The highest BCUT2D eigenvalue weighted by molar-refractivity contribution is 7.99. The van der Waals surface area contributed by atoms with Gasteiger partial charge in [0.1, 0.15) is 5.76 Å². The topological polar surface area (TPSA) is 39.4 Å². The van der Waals surface area contributed by atoms with E-state index < -0.39 is 0 Å². The number of thioether (sulfide) groups is 1. The lowest BCUT2D eigenvalue weighted by molar-refractivity contribution is -0.142. The average Bonchev–Trinajstić information content (AvgIpc) is 2.52. The van der Waals surface area contributed by atoms with E-state index >= 15 is 0 Å².